The van der Waals surface area contributed by atoms with Crippen LogP contribution in [0.4, 0.5) is 0 Å². The van der Waals surface area contributed by atoms with E-state index in [0.29, 0.717) is 10.7 Å². The average Bonchev–Trinajstić information content (AvgIpc) is 2.49. The lowest BCUT2D eigenvalue weighted by molar-refractivity contribution is -0.136. The Kier molecular flexibility index (Phi) is 2.13. The Labute approximate surface area is 84.5 Å². The summed E-state index contributed by atoms with van der Waals surface area (Å²) in [6, 6.07) is 1.75. The van der Waals surface area contributed by atoms with Crippen molar-refractivity contribution in [2.45, 2.75) is 6.42 Å². The van der Waals surface area contributed by atoms with Gasteiger partial charge in [0.1, 0.15) is 0 Å². The summed E-state index contributed by atoms with van der Waals surface area (Å²) in [5.41, 5.74) is 1.40. The van der Waals surface area contributed by atoms with Crippen LogP contribution >= 0.6 is 11.6 Å². The van der Waals surface area contributed by atoms with Crippen molar-refractivity contribution in [2.75, 3.05) is 0 Å². The average molecular weight is 211 g/mol. The minimum atomic E-state index is -0.862. The van der Waals surface area contributed by atoms with Crippen LogP contribution in [0.15, 0.2) is 18.5 Å². The van der Waals surface area contributed by atoms with Crippen molar-refractivity contribution in [2.24, 2.45) is 0 Å². The fourth-order valence-electron chi connectivity index (χ4n) is 1.39. The molecule has 0 fully saturated rings. The first-order valence-electron chi connectivity index (χ1n) is 4.00. The van der Waals surface area contributed by atoms with Crippen LogP contribution in [0.3, 0.4) is 0 Å². The second kappa shape index (κ2) is 3.31. The van der Waals surface area contributed by atoms with Gasteiger partial charge in [0.25, 0.3) is 0 Å². The minimum Gasteiger partial charge on any atom is -0.481 e. The summed E-state index contributed by atoms with van der Waals surface area (Å²) in [5, 5.41) is 9.82. The van der Waals surface area contributed by atoms with E-state index in [4.69, 9.17) is 16.7 Å². The monoisotopic (exact) mass is 210 g/mol. The summed E-state index contributed by atoms with van der Waals surface area (Å²) in [4.78, 5) is 17.3. The standard InChI is InChI=1S/C9H7ClN2O2/c10-9-8-6(1-2-11-9)5(4-12-8)3-7(13)14/h1-2,4,12H,3H2,(H,13,14). The molecule has 2 N–H and O–H groups in total. The van der Waals surface area contributed by atoms with Gasteiger partial charge in [-0.1, -0.05) is 11.6 Å². The normalized spacial score (nSPS) is 10.6. The highest BCUT2D eigenvalue weighted by molar-refractivity contribution is 6.33. The number of nitrogens with zero attached hydrogens (tertiary/aromatic N) is 1. The smallest absolute Gasteiger partial charge is 0.307 e. The molecule has 0 unspecified atom stereocenters. The Morgan fingerprint density at radius 3 is 3.14 bits per heavy atom. The number of aromatic amines is 1. The number of pyridine rings is 1. The topological polar surface area (TPSA) is 66.0 Å². The van der Waals surface area contributed by atoms with Gasteiger partial charge < -0.3 is 10.1 Å². The van der Waals surface area contributed by atoms with Gasteiger partial charge >= 0.3 is 5.97 Å². The summed E-state index contributed by atoms with van der Waals surface area (Å²) < 4.78 is 0. The molecule has 72 valence electrons. The largest absolute Gasteiger partial charge is 0.481 e. The molecule has 2 heterocycles. The third-order valence-corrected chi connectivity index (χ3v) is 2.27. The zero-order chi connectivity index (χ0) is 10.1. The number of nitrogens with one attached hydrogen (secondary N) is 1. The fourth-order valence-corrected chi connectivity index (χ4v) is 1.60. The summed E-state index contributed by atoms with van der Waals surface area (Å²) in [6.45, 7) is 0. The summed E-state index contributed by atoms with van der Waals surface area (Å²) >= 11 is 5.82. The van der Waals surface area contributed by atoms with Crippen molar-refractivity contribution in [3.8, 4) is 0 Å². The van der Waals surface area contributed by atoms with Crippen molar-refractivity contribution in [3.05, 3.63) is 29.2 Å². The SMILES string of the molecule is O=C(O)Cc1c[nH]c2c(Cl)nccc12. The Morgan fingerprint density at radius 2 is 2.43 bits per heavy atom. The van der Waals surface area contributed by atoms with Crippen LogP contribution in [-0.2, 0) is 11.2 Å². The van der Waals surface area contributed by atoms with Crippen LogP contribution in [-0.4, -0.2) is 21.0 Å². The van der Waals surface area contributed by atoms with Crippen molar-refractivity contribution < 1.29 is 9.90 Å². The van der Waals surface area contributed by atoms with Gasteiger partial charge in [-0.2, -0.15) is 0 Å². The number of aromatic nitrogens is 2. The van der Waals surface area contributed by atoms with Gasteiger partial charge in [-0.25, -0.2) is 4.98 Å². The second-order valence-corrected chi connectivity index (χ2v) is 3.27. The summed E-state index contributed by atoms with van der Waals surface area (Å²) in [5.74, 6) is -0.862. The van der Waals surface area contributed by atoms with Gasteiger partial charge in [0.15, 0.2) is 5.15 Å². The molecular weight excluding hydrogens is 204 g/mol. The highest BCUT2D eigenvalue weighted by Gasteiger charge is 2.09. The number of carboxylic acid groups (broad SMARTS) is 1. The van der Waals surface area contributed by atoms with Gasteiger partial charge in [-0.15, -0.1) is 0 Å². The number of carbonyl (C=O) groups is 1. The van der Waals surface area contributed by atoms with Crippen LogP contribution in [0.1, 0.15) is 5.56 Å². The number of H-pyrrole nitrogens is 1. The number of hydrogen-bond donors (Lipinski definition) is 2. The van der Waals surface area contributed by atoms with E-state index in [0.717, 1.165) is 10.9 Å². The van der Waals surface area contributed by atoms with Gasteiger partial charge in [0.05, 0.1) is 11.9 Å². The Balaban J connectivity index is 2.58. The predicted octanol–water partition coefficient (Wildman–Crippen LogP) is 1.84. The van der Waals surface area contributed by atoms with Crippen molar-refractivity contribution in [1.29, 1.82) is 0 Å². The number of aliphatic carboxylic acids is 1. The maximum absolute atomic E-state index is 10.5. The quantitative estimate of drug-likeness (QED) is 0.744. The molecule has 0 spiro atoms. The van der Waals surface area contributed by atoms with E-state index in [9.17, 15) is 4.79 Å². The van der Waals surface area contributed by atoms with Crippen molar-refractivity contribution in [3.63, 3.8) is 0 Å². The summed E-state index contributed by atoms with van der Waals surface area (Å²) in [6.07, 6.45) is 3.19. The number of fused-ring (bicyclic) bond motifs is 1. The van der Waals surface area contributed by atoms with E-state index in [1.807, 2.05) is 0 Å². The third-order valence-electron chi connectivity index (χ3n) is 1.98. The Bertz CT molecular complexity index is 493. The van der Waals surface area contributed by atoms with Gasteiger partial charge in [-0.05, 0) is 11.6 Å². The molecule has 2 rings (SSSR count). The first-order valence-corrected chi connectivity index (χ1v) is 4.38. The molecule has 0 aliphatic rings. The Morgan fingerprint density at radius 1 is 1.64 bits per heavy atom. The van der Waals surface area contributed by atoms with E-state index in [1.165, 1.54) is 0 Å². The molecule has 0 bridgehead atoms. The lowest BCUT2D eigenvalue weighted by Gasteiger charge is -1.94. The molecule has 0 radical (unpaired) electrons. The summed E-state index contributed by atoms with van der Waals surface area (Å²) in [7, 11) is 0. The second-order valence-electron chi connectivity index (χ2n) is 2.91. The third kappa shape index (κ3) is 1.44. The van der Waals surface area contributed by atoms with Gasteiger partial charge in [0, 0.05) is 17.8 Å². The molecule has 2 aromatic rings. The van der Waals surface area contributed by atoms with Crippen LogP contribution < -0.4 is 0 Å². The maximum Gasteiger partial charge on any atom is 0.307 e. The van der Waals surface area contributed by atoms with Crippen LogP contribution in [0.5, 0.6) is 0 Å². The minimum absolute atomic E-state index is 0.0135. The predicted molar refractivity (Wildman–Crippen MR) is 52.4 cm³/mol. The molecule has 0 saturated heterocycles. The highest BCUT2D eigenvalue weighted by atomic mass is 35.5. The lowest BCUT2D eigenvalue weighted by atomic mass is 10.1. The van der Waals surface area contributed by atoms with Crippen molar-refractivity contribution >= 4 is 28.5 Å². The zero-order valence-electron chi connectivity index (χ0n) is 7.12. The molecule has 0 saturated carbocycles. The van der Waals surface area contributed by atoms with E-state index in [2.05, 4.69) is 9.97 Å². The molecule has 0 aliphatic heterocycles. The van der Waals surface area contributed by atoms with Crippen LogP contribution in [0.25, 0.3) is 10.9 Å². The number of halogens is 1. The van der Waals surface area contributed by atoms with E-state index in [1.54, 1.807) is 18.5 Å². The first kappa shape index (κ1) is 9.02. The van der Waals surface area contributed by atoms with Crippen LogP contribution in [0.2, 0.25) is 5.15 Å². The van der Waals surface area contributed by atoms with Gasteiger partial charge in [0.2, 0.25) is 0 Å². The van der Waals surface area contributed by atoms with E-state index < -0.39 is 5.97 Å². The van der Waals surface area contributed by atoms with E-state index >= 15 is 0 Å². The first-order chi connectivity index (χ1) is 6.68. The molecule has 0 amide bonds. The lowest BCUT2D eigenvalue weighted by Crippen LogP contribution is -1.98. The molecular formula is C9H7ClN2O2. The maximum atomic E-state index is 10.5. The molecule has 2 aromatic heterocycles. The highest BCUT2D eigenvalue weighted by Crippen LogP contribution is 2.23. The molecule has 5 heteroatoms. The van der Waals surface area contributed by atoms with Crippen molar-refractivity contribution in [1.82, 2.24) is 9.97 Å². The Hall–Kier alpha value is -1.55. The van der Waals surface area contributed by atoms with Gasteiger partial charge in [-0.3, -0.25) is 4.79 Å². The molecule has 4 nitrogen and oxygen atoms in total. The zero-order valence-corrected chi connectivity index (χ0v) is 7.88. The molecule has 14 heavy (non-hydrogen) atoms. The number of hydrogen-bond acceptors (Lipinski definition) is 2. The number of carboxylic acids is 1. The van der Waals surface area contributed by atoms with E-state index in [-0.39, 0.29) is 6.42 Å². The fraction of sp³-hybridized carbons (Fsp3) is 0.111. The molecule has 0 aliphatic carbocycles. The number of rotatable bonds is 2. The van der Waals surface area contributed by atoms with Crippen LogP contribution in [0, 0.1) is 0 Å². The molecule has 0 aromatic carbocycles. The molecule has 0 atom stereocenters.